The molecule has 1 saturated heterocycles. The first kappa shape index (κ1) is 19.2. The van der Waals surface area contributed by atoms with E-state index in [4.69, 9.17) is 21.6 Å². The van der Waals surface area contributed by atoms with Crippen LogP contribution in [0.3, 0.4) is 0 Å². The fourth-order valence-electron chi connectivity index (χ4n) is 2.42. The lowest BCUT2D eigenvalue weighted by Gasteiger charge is -2.24. The molecule has 0 bridgehead atoms. The molecule has 25 heavy (non-hydrogen) atoms. The van der Waals surface area contributed by atoms with Crippen molar-refractivity contribution in [1.29, 1.82) is 5.26 Å². The minimum Gasteiger partial charge on any atom is -0.371 e. The number of anilines is 1. The molecule has 1 aromatic carbocycles. The number of carbonyl (C=O) groups excluding carboxylic acids is 1. The highest BCUT2D eigenvalue weighted by atomic mass is 35.5. The number of nitriles is 1. The van der Waals surface area contributed by atoms with E-state index < -0.39 is 5.91 Å². The Balaban J connectivity index is 0.00000225. The Bertz CT molecular complexity index is 801. The number of morpholine rings is 1. The molecule has 0 radical (unpaired) electrons. The Hall–Kier alpha value is -2.17. The molecule has 0 aliphatic carbocycles. The topological polar surface area (TPSA) is 87.0 Å². The average Bonchev–Trinajstić information content (AvgIpc) is 2.64. The highest BCUT2D eigenvalue weighted by molar-refractivity contribution is 6.34. The van der Waals surface area contributed by atoms with Crippen molar-refractivity contribution in [2.75, 3.05) is 25.0 Å². The zero-order chi connectivity index (χ0) is 16.9. The van der Waals surface area contributed by atoms with Crippen LogP contribution in [0, 0.1) is 11.3 Å². The number of nitrogens with one attached hydrogen (secondary N) is 2. The van der Waals surface area contributed by atoms with Gasteiger partial charge in [-0.15, -0.1) is 12.4 Å². The van der Waals surface area contributed by atoms with Gasteiger partial charge in [-0.05, 0) is 29.8 Å². The van der Waals surface area contributed by atoms with Gasteiger partial charge in [-0.2, -0.15) is 5.26 Å². The van der Waals surface area contributed by atoms with Crippen LogP contribution < -0.4 is 10.6 Å². The Kier molecular flexibility index (Phi) is 6.73. The van der Waals surface area contributed by atoms with Crippen LogP contribution in [0.25, 0.3) is 0 Å². The SMILES string of the molecule is Cl.N#Cc1cccc(C(=O)Nc2ccc(C3CNCCO3)cc2Cl)n1. The molecule has 1 aliphatic rings. The number of halogens is 2. The Morgan fingerprint density at radius 2 is 2.24 bits per heavy atom. The number of nitrogens with zero attached hydrogens (tertiary/aromatic N) is 2. The van der Waals surface area contributed by atoms with E-state index in [9.17, 15) is 4.79 Å². The van der Waals surface area contributed by atoms with Crippen LogP contribution >= 0.6 is 24.0 Å². The molecule has 3 rings (SSSR count). The Morgan fingerprint density at radius 1 is 1.40 bits per heavy atom. The van der Waals surface area contributed by atoms with Crippen LogP contribution in [0.5, 0.6) is 0 Å². The number of hydrogen-bond donors (Lipinski definition) is 2. The summed E-state index contributed by atoms with van der Waals surface area (Å²) in [5.41, 5.74) is 1.79. The molecule has 2 aromatic rings. The first-order valence-corrected chi connectivity index (χ1v) is 7.85. The third-order valence-corrected chi connectivity index (χ3v) is 3.95. The molecule has 1 aliphatic heterocycles. The predicted molar refractivity (Wildman–Crippen MR) is 97.2 cm³/mol. The molecule has 1 fully saturated rings. The molecule has 130 valence electrons. The van der Waals surface area contributed by atoms with E-state index in [0.717, 1.165) is 18.7 Å². The normalized spacial score (nSPS) is 16.4. The smallest absolute Gasteiger partial charge is 0.274 e. The molecule has 0 spiro atoms. The third-order valence-electron chi connectivity index (χ3n) is 3.64. The molecular formula is C17H16Cl2N4O2. The van der Waals surface area contributed by atoms with Crippen molar-refractivity contribution in [3.8, 4) is 6.07 Å². The lowest BCUT2D eigenvalue weighted by atomic mass is 10.1. The standard InChI is InChI=1S/C17H15ClN4O2.ClH/c18-13-8-11(16-10-20-6-7-24-16)4-5-14(13)22-17(23)15-3-1-2-12(9-19)21-15;/h1-5,8,16,20H,6-7,10H2,(H,22,23);1H. The van der Waals surface area contributed by atoms with Crippen molar-refractivity contribution >= 4 is 35.6 Å². The molecule has 0 saturated carbocycles. The molecule has 1 atom stereocenters. The maximum Gasteiger partial charge on any atom is 0.274 e. The fraction of sp³-hybridized carbons (Fsp3) is 0.235. The highest BCUT2D eigenvalue weighted by Gasteiger charge is 2.17. The van der Waals surface area contributed by atoms with E-state index in [-0.39, 0.29) is 29.9 Å². The molecule has 1 amide bonds. The summed E-state index contributed by atoms with van der Waals surface area (Å²) >= 11 is 6.28. The number of carbonyl (C=O) groups is 1. The summed E-state index contributed by atoms with van der Waals surface area (Å²) in [5.74, 6) is -0.419. The Labute approximate surface area is 156 Å². The van der Waals surface area contributed by atoms with Crippen LogP contribution in [0.1, 0.15) is 27.8 Å². The van der Waals surface area contributed by atoms with Crippen molar-refractivity contribution in [1.82, 2.24) is 10.3 Å². The number of ether oxygens (including phenoxy) is 1. The lowest BCUT2D eigenvalue weighted by Crippen LogP contribution is -2.33. The highest BCUT2D eigenvalue weighted by Crippen LogP contribution is 2.28. The maximum atomic E-state index is 12.2. The van der Waals surface area contributed by atoms with Gasteiger partial charge in [0.15, 0.2) is 0 Å². The predicted octanol–water partition coefficient (Wildman–Crippen LogP) is 2.94. The van der Waals surface area contributed by atoms with Crippen LogP contribution in [-0.4, -0.2) is 30.6 Å². The first-order valence-electron chi connectivity index (χ1n) is 7.47. The van der Waals surface area contributed by atoms with Gasteiger partial charge in [0.05, 0.1) is 23.4 Å². The van der Waals surface area contributed by atoms with Gasteiger partial charge in [0.25, 0.3) is 5.91 Å². The largest absolute Gasteiger partial charge is 0.371 e. The van der Waals surface area contributed by atoms with Gasteiger partial charge in [-0.25, -0.2) is 4.98 Å². The monoisotopic (exact) mass is 378 g/mol. The van der Waals surface area contributed by atoms with Gasteiger partial charge < -0.3 is 15.4 Å². The summed E-state index contributed by atoms with van der Waals surface area (Å²) in [7, 11) is 0. The van der Waals surface area contributed by atoms with Gasteiger partial charge in [0.1, 0.15) is 17.5 Å². The molecular weight excluding hydrogens is 363 g/mol. The van der Waals surface area contributed by atoms with Gasteiger partial charge in [-0.1, -0.05) is 23.7 Å². The lowest BCUT2D eigenvalue weighted by molar-refractivity contribution is 0.0277. The first-order chi connectivity index (χ1) is 11.7. The van der Waals surface area contributed by atoms with Crippen LogP contribution in [0.4, 0.5) is 5.69 Å². The van der Waals surface area contributed by atoms with Crippen molar-refractivity contribution in [3.05, 3.63) is 58.4 Å². The summed E-state index contributed by atoms with van der Waals surface area (Å²) in [4.78, 5) is 16.2. The zero-order valence-electron chi connectivity index (χ0n) is 13.2. The van der Waals surface area contributed by atoms with E-state index in [1.807, 2.05) is 12.1 Å². The number of pyridine rings is 1. The van der Waals surface area contributed by atoms with E-state index >= 15 is 0 Å². The summed E-state index contributed by atoms with van der Waals surface area (Å²) in [6.45, 7) is 2.22. The summed E-state index contributed by atoms with van der Waals surface area (Å²) in [6.07, 6.45) is -0.0463. The number of rotatable bonds is 3. The summed E-state index contributed by atoms with van der Waals surface area (Å²) < 4.78 is 5.69. The molecule has 2 N–H and O–H groups in total. The number of benzene rings is 1. The van der Waals surface area contributed by atoms with Gasteiger partial charge in [-0.3, -0.25) is 4.79 Å². The second-order valence-electron chi connectivity index (χ2n) is 5.28. The maximum absolute atomic E-state index is 12.2. The number of hydrogen-bond acceptors (Lipinski definition) is 5. The molecule has 1 aromatic heterocycles. The third kappa shape index (κ3) is 4.68. The second kappa shape index (κ2) is 8.79. The van der Waals surface area contributed by atoms with Gasteiger partial charge in [0, 0.05) is 13.1 Å². The fourth-order valence-corrected chi connectivity index (χ4v) is 2.66. The molecule has 8 heteroatoms. The van der Waals surface area contributed by atoms with E-state index in [2.05, 4.69) is 15.6 Å². The zero-order valence-corrected chi connectivity index (χ0v) is 14.7. The van der Waals surface area contributed by atoms with Crippen molar-refractivity contribution in [2.24, 2.45) is 0 Å². The number of aromatic nitrogens is 1. The Morgan fingerprint density at radius 3 is 2.92 bits per heavy atom. The van der Waals surface area contributed by atoms with E-state index in [0.29, 0.717) is 17.3 Å². The molecule has 2 heterocycles. The van der Waals surface area contributed by atoms with E-state index in [1.165, 1.54) is 6.07 Å². The van der Waals surface area contributed by atoms with Crippen LogP contribution in [-0.2, 0) is 4.74 Å². The van der Waals surface area contributed by atoms with Gasteiger partial charge >= 0.3 is 0 Å². The van der Waals surface area contributed by atoms with Crippen molar-refractivity contribution < 1.29 is 9.53 Å². The van der Waals surface area contributed by atoms with Crippen molar-refractivity contribution in [3.63, 3.8) is 0 Å². The van der Waals surface area contributed by atoms with Crippen molar-refractivity contribution in [2.45, 2.75) is 6.10 Å². The minimum absolute atomic E-state index is 0. The second-order valence-corrected chi connectivity index (χ2v) is 5.68. The average molecular weight is 379 g/mol. The van der Waals surface area contributed by atoms with Gasteiger partial charge in [0.2, 0.25) is 0 Å². The quantitative estimate of drug-likeness (QED) is 0.856. The number of amides is 1. The van der Waals surface area contributed by atoms with Crippen LogP contribution in [0.15, 0.2) is 36.4 Å². The molecule has 6 nitrogen and oxygen atoms in total. The summed E-state index contributed by atoms with van der Waals surface area (Å²) in [5, 5.41) is 15.2. The summed E-state index contributed by atoms with van der Waals surface area (Å²) in [6, 6.07) is 12.0. The molecule has 1 unspecified atom stereocenters. The minimum atomic E-state index is -0.419. The van der Waals surface area contributed by atoms with Crippen LogP contribution in [0.2, 0.25) is 5.02 Å². The van der Waals surface area contributed by atoms with E-state index in [1.54, 1.807) is 24.3 Å².